The molecule has 4 nitrogen and oxygen atoms in total. The second-order valence-corrected chi connectivity index (χ2v) is 5.72. The van der Waals surface area contributed by atoms with Crippen molar-refractivity contribution in [3.05, 3.63) is 0 Å². The molecule has 0 aromatic rings. The van der Waals surface area contributed by atoms with E-state index in [4.69, 9.17) is 4.74 Å². The Morgan fingerprint density at radius 3 is 2.71 bits per heavy atom. The lowest BCUT2D eigenvalue weighted by atomic mass is 10.0. The van der Waals surface area contributed by atoms with Crippen molar-refractivity contribution in [1.29, 1.82) is 0 Å². The first-order chi connectivity index (χ1) is 7.95. The predicted molar refractivity (Wildman–Crippen MR) is 72.5 cm³/mol. The van der Waals surface area contributed by atoms with Gasteiger partial charge in [0.15, 0.2) is 0 Å². The fraction of sp³-hybridized carbons (Fsp3) is 1.00. The molecular formula is C13H29N3O. The van der Waals surface area contributed by atoms with Gasteiger partial charge in [0.1, 0.15) is 0 Å². The first-order valence-electron chi connectivity index (χ1n) is 6.68. The van der Waals surface area contributed by atoms with Crippen LogP contribution in [0.2, 0.25) is 0 Å². The third kappa shape index (κ3) is 4.92. The van der Waals surface area contributed by atoms with Crippen molar-refractivity contribution < 1.29 is 4.74 Å². The van der Waals surface area contributed by atoms with E-state index in [0.717, 1.165) is 39.3 Å². The molecule has 102 valence electrons. The van der Waals surface area contributed by atoms with Crippen molar-refractivity contribution in [2.75, 3.05) is 53.4 Å². The Morgan fingerprint density at radius 2 is 2.12 bits per heavy atom. The lowest BCUT2D eigenvalue weighted by Gasteiger charge is -2.35. The number of hydrogen-bond acceptors (Lipinski definition) is 4. The van der Waals surface area contributed by atoms with Crippen LogP contribution in [-0.4, -0.2) is 74.9 Å². The quantitative estimate of drug-likeness (QED) is 0.741. The smallest absolute Gasteiger partial charge is 0.0826 e. The standard InChI is InChI=1S/C13H29N3O/c1-6-16-7-8-17-12(10-16)9-14-11-13(2,3)15(4)5/h12,14H,6-11H2,1-5H3. The molecule has 17 heavy (non-hydrogen) atoms. The summed E-state index contributed by atoms with van der Waals surface area (Å²) < 4.78 is 5.77. The Labute approximate surface area is 106 Å². The van der Waals surface area contributed by atoms with Gasteiger partial charge in [-0.25, -0.2) is 0 Å². The van der Waals surface area contributed by atoms with E-state index in [0.29, 0.717) is 6.10 Å². The van der Waals surface area contributed by atoms with Crippen molar-refractivity contribution in [1.82, 2.24) is 15.1 Å². The molecule has 0 aromatic carbocycles. The van der Waals surface area contributed by atoms with Gasteiger partial charge in [-0.3, -0.25) is 4.90 Å². The molecule has 1 saturated heterocycles. The zero-order chi connectivity index (χ0) is 12.9. The first kappa shape index (κ1) is 14.9. The number of nitrogens with one attached hydrogen (secondary N) is 1. The van der Waals surface area contributed by atoms with Crippen LogP contribution < -0.4 is 5.32 Å². The van der Waals surface area contributed by atoms with E-state index in [9.17, 15) is 0 Å². The third-order valence-corrected chi connectivity index (χ3v) is 3.81. The number of morpholine rings is 1. The van der Waals surface area contributed by atoms with E-state index in [-0.39, 0.29) is 5.54 Å². The molecule has 0 aliphatic carbocycles. The minimum atomic E-state index is 0.194. The number of ether oxygens (including phenoxy) is 1. The molecule has 1 aliphatic heterocycles. The van der Waals surface area contributed by atoms with Crippen molar-refractivity contribution in [3.63, 3.8) is 0 Å². The second kappa shape index (κ2) is 6.69. The monoisotopic (exact) mass is 243 g/mol. The topological polar surface area (TPSA) is 27.7 Å². The van der Waals surface area contributed by atoms with E-state index < -0.39 is 0 Å². The van der Waals surface area contributed by atoms with E-state index in [1.54, 1.807) is 0 Å². The van der Waals surface area contributed by atoms with Crippen LogP contribution >= 0.6 is 0 Å². The van der Waals surface area contributed by atoms with Crippen LogP contribution in [-0.2, 0) is 4.74 Å². The number of rotatable bonds is 6. The Bertz CT molecular complexity index is 219. The van der Waals surface area contributed by atoms with E-state index in [1.807, 2.05) is 0 Å². The summed E-state index contributed by atoms with van der Waals surface area (Å²) in [5, 5.41) is 3.53. The fourth-order valence-corrected chi connectivity index (χ4v) is 1.89. The summed E-state index contributed by atoms with van der Waals surface area (Å²) in [5.74, 6) is 0. The van der Waals surface area contributed by atoms with Crippen molar-refractivity contribution in [2.45, 2.75) is 32.4 Å². The molecule has 1 fully saturated rings. The van der Waals surface area contributed by atoms with Gasteiger partial charge in [0, 0.05) is 31.7 Å². The molecule has 0 bridgehead atoms. The van der Waals surface area contributed by atoms with Crippen molar-refractivity contribution in [2.24, 2.45) is 0 Å². The number of likely N-dealkylation sites (N-methyl/N-ethyl adjacent to an activating group) is 2. The highest BCUT2D eigenvalue weighted by atomic mass is 16.5. The maximum absolute atomic E-state index is 5.77. The van der Waals surface area contributed by atoms with Crippen LogP contribution in [0.25, 0.3) is 0 Å². The van der Waals surface area contributed by atoms with Crippen LogP contribution in [0.4, 0.5) is 0 Å². The fourth-order valence-electron chi connectivity index (χ4n) is 1.89. The van der Waals surface area contributed by atoms with Gasteiger partial charge < -0.3 is 15.0 Å². The molecule has 0 radical (unpaired) electrons. The molecule has 1 unspecified atom stereocenters. The SMILES string of the molecule is CCN1CCOC(CNCC(C)(C)N(C)C)C1. The Balaban J connectivity index is 2.22. The van der Waals surface area contributed by atoms with Gasteiger partial charge >= 0.3 is 0 Å². The highest BCUT2D eigenvalue weighted by Crippen LogP contribution is 2.08. The molecule has 1 rings (SSSR count). The maximum atomic E-state index is 5.77. The van der Waals surface area contributed by atoms with Crippen LogP contribution in [0.15, 0.2) is 0 Å². The minimum Gasteiger partial charge on any atom is -0.374 e. The van der Waals surface area contributed by atoms with Crippen LogP contribution in [0, 0.1) is 0 Å². The average molecular weight is 243 g/mol. The zero-order valence-corrected chi connectivity index (χ0v) is 12.1. The summed E-state index contributed by atoms with van der Waals surface area (Å²) in [6.07, 6.45) is 0.349. The third-order valence-electron chi connectivity index (χ3n) is 3.81. The molecule has 4 heteroatoms. The summed E-state index contributed by atoms with van der Waals surface area (Å²) in [5.41, 5.74) is 0.194. The maximum Gasteiger partial charge on any atom is 0.0826 e. The number of nitrogens with zero attached hydrogens (tertiary/aromatic N) is 2. The molecule has 1 atom stereocenters. The minimum absolute atomic E-state index is 0.194. The van der Waals surface area contributed by atoms with Gasteiger partial charge in [0.2, 0.25) is 0 Å². The van der Waals surface area contributed by atoms with Gasteiger partial charge in [-0.2, -0.15) is 0 Å². The Hall–Kier alpha value is -0.160. The van der Waals surface area contributed by atoms with Crippen molar-refractivity contribution >= 4 is 0 Å². The normalized spacial score (nSPS) is 23.3. The lowest BCUT2D eigenvalue weighted by molar-refractivity contribution is -0.0262. The van der Waals surface area contributed by atoms with Gasteiger partial charge in [-0.05, 0) is 34.5 Å². The lowest BCUT2D eigenvalue weighted by Crippen LogP contribution is -2.51. The zero-order valence-electron chi connectivity index (χ0n) is 12.1. The highest BCUT2D eigenvalue weighted by molar-refractivity contribution is 4.81. The van der Waals surface area contributed by atoms with Gasteiger partial charge in [0.25, 0.3) is 0 Å². The van der Waals surface area contributed by atoms with Crippen LogP contribution in [0.5, 0.6) is 0 Å². The Kier molecular flexibility index (Phi) is 5.86. The van der Waals surface area contributed by atoms with Crippen molar-refractivity contribution in [3.8, 4) is 0 Å². The molecule has 1 aliphatic rings. The summed E-state index contributed by atoms with van der Waals surface area (Å²) in [4.78, 5) is 4.70. The molecule has 1 heterocycles. The van der Waals surface area contributed by atoms with Crippen LogP contribution in [0.1, 0.15) is 20.8 Å². The predicted octanol–water partition coefficient (Wildman–Crippen LogP) is 0.637. The summed E-state index contributed by atoms with van der Waals surface area (Å²) in [6.45, 7) is 12.8. The molecule has 0 amide bonds. The average Bonchev–Trinajstić information content (AvgIpc) is 2.29. The van der Waals surface area contributed by atoms with Crippen LogP contribution in [0.3, 0.4) is 0 Å². The summed E-state index contributed by atoms with van der Waals surface area (Å²) >= 11 is 0. The second-order valence-electron chi connectivity index (χ2n) is 5.72. The molecule has 0 saturated carbocycles. The molecule has 1 N–H and O–H groups in total. The summed E-state index contributed by atoms with van der Waals surface area (Å²) in [6, 6.07) is 0. The van der Waals surface area contributed by atoms with E-state index in [2.05, 4.69) is 50.0 Å². The summed E-state index contributed by atoms with van der Waals surface area (Å²) in [7, 11) is 4.25. The highest BCUT2D eigenvalue weighted by Gasteiger charge is 2.22. The first-order valence-corrected chi connectivity index (χ1v) is 6.68. The Morgan fingerprint density at radius 1 is 1.41 bits per heavy atom. The number of hydrogen-bond donors (Lipinski definition) is 1. The molecule has 0 aromatic heterocycles. The molecular weight excluding hydrogens is 214 g/mol. The molecule has 0 spiro atoms. The van der Waals surface area contributed by atoms with Gasteiger partial charge in [-0.15, -0.1) is 0 Å². The van der Waals surface area contributed by atoms with E-state index in [1.165, 1.54) is 0 Å². The van der Waals surface area contributed by atoms with Gasteiger partial charge in [-0.1, -0.05) is 6.92 Å². The van der Waals surface area contributed by atoms with E-state index >= 15 is 0 Å². The largest absolute Gasteiger partial charge is 0.374 e. The van der Waals surface area contributed by atoms with Gasteiger partial charge in [0.05, 0.1) is 12.7 Å².